The van der Waals surface area contributed by atoms with Gasteiger partial charge in [0.25, 0.3) is 5.91 Å². The maximum Gasteiger partial charge on any atom is 0.255 e. The molecule has 1 fully saturated rings. The summed E-state index contributed by atoms with van der Waals surface area (Å²) in [6, 6.07) is 1.84. The van der Waals surface area contributed by atoms with E-state index in [1.807, 2.05) is 11.0 Å². The minimum absolute atomic E-state index is 0.0983. The first-order valence-corrected chi connectivity index (χ1v) is 7.57. The number of amides is 1. The van der Waals surface area contributed by atoms with Gasteiger partial charge in [-0.15, -0.1) is 0 Å². The number of rotatable bonds is 1. The van der Waals surface area contributed by atoms with E-state index in [4.69, 9.17) is 0 Å². The number of halogens is 1. The summed E-state index contributed by atoms with van der Waals surface area (Å²) in [5.41, 5.74) is 1.01. The zero-order chi connectivity index (χ0) is 14.0. The molecule has 1 aliphatic heterocycles. The molecule has 104 valence electrons. The van der Waals surface area contributed by atoms with Crippen molar-refractivity contribution in [3.63, 3.8) is 0 Å². The van der Waals surface area contributed by atoms with Gasteiger partial charge in [-0.05, 0) is 46.2 Å². The molecule has 1 aromatic heterocycles. The molecule has 1 amide bonds. The molecule has 19 heavy (non-hydrogen) atoms. The highest BCUT2D eigenvalue weighted by molar-refractivity contribution is 9.10. The van der Waals surface area contributed by atoms with E-state index in [9.17, 15) is 4.79 Å². The molecule has 1 aromatic rings. The van der Waals surface area contributed by atoms with Gasteiger partial charge in [-0.25, -0.2) is 0 Å². The number of aromatic nitrogens is 1. The van der Waals surface area contributed by atoms with Crippen molar-refractivity contribution in [3.05, 3.63) is 28.5 Å². The Kier molecular flexibility index (Phi) is 4.29. The molecule has 2 heterocycles. The van der Waals surface area contributed by atoms with Gasteiger partial charge in [0, 0.05) is 30.0 Å². The number of nitrogens with zero attached hydrogens (tertiary/aromatic N) is 2. The topological polar surface area (TPSA) is 33.2 Å². The zero-order valence-corrected chi connectivity index (χ0v) is 13.4. The monoisotopic (exact) mass is 324 g/mol. The summed E-state index contributed by atoms with van der Waals surface area (Å²) >= 11 is 3.36. The number of hydrogen-bond donors (Lipinski definition) is 0. The Morgan fingerprint density at radius 2 is 1.95 bits per heavy atom. The number of piperidine rings is 1. The molecule has 0 aromatic carbocycles. The Balaban J connectivity index is 2.00. The van der Waals surface area contributed by atoms with E-state index in [2.05, 4.69) is 41.7 Å². The van der Waals surface area contributed by atoms with Crippen molar-refractivity contribution in [3.8, 4) is 0 Å². The molecule has 0 N–H and O–H groups in total. The van der Waals surface area contributed by atoms with Gasteiger partial charge in [0.2, 0.25) is 0 Å². The number of carbonyl (C=O) groups excluding carboxylic acids is 1. The van der Waals surface area contributed by atoms with Gasteiger partial charge in [0.1, 0.15) is 0 Å². The van der Waals surface area contributed by atoms with Crippen LogP contribution in [0.4, 0.5) is 0 Å². The van der Waals surface area contributed by atoms with Gasteiger partial charge in [0.05, 0.1) is 5.56 Å². The normalized spacial score (nSPS) is 17.6. The van der Waals surface area contributed by atoms with Crippen molar-refractivity contribution in [1.82, 2.24) is 9.88 Å². The van der Waals surface area contributed by atoms with E-state index < -0.39 is 0 Å². The lowest BCUT2D eigenvalue weighted by Crippen LogP contribution is -2.41. The van der Waals surface area contributed by atoms with E-state index in [-0.39, 0.29) is 5.91 Å². The van der Waals surface area contributed by atoms with Crippen LogP contribution in [-0.4, -0.2) is 28.9 Å². The van der Waals surface area contributed by atoms with Gasteiger partial charge in [0.15, 0.2) is 0 Å². The van der Waals surface area contributed by atoms with Crippen molar-refractivity contribution in [2.75, 3.05) is 13.1 Å². The van der Waals surface area contributed by atoms with Crippen molar-refractivity contribution in [2.24, 2.45) is 11.3 Å². The molecular weight excluding hydrogens is 304 g/mol. The Morgan fingerprint density at radius 1 is 1.32 bits per heavy atom. The predicted molar refractivity (Wildman–Crippen MR) is 80.0 cm³/mol. The number of pyridine rings is 1. The molecule has 3 nitrogen and oxygen atoms in total. The highest BCUT2D eigenvalue weighted by Gasteiger charge is 2.30. The molecule has 2 rings (SSSR count). The van der Waals surface area contributed by atoms with Crippen LogP contribution in [0, 0.1) is 11.3 Å². The first kappa shape index (κ1) is 14.5. The van der Waals surface area contributed by atoms with Gasteiger partial charge in [-0.3, -0.25) is 9.78 Å². The maximum absolute atomic E-state index is 12.4. The highest BCUT2D eigenvalue weighted by Crippen LogP contribution is 2.34. The maximum atomic E-state index is 12.4. The summed E-state index contributed by atoms with van der Waals surface area (Å²) in [7, 11) is 0. The Hall–Kier alpha value is -0.900. The van der Waals surface area contributed by atoms with Crippen LogP contribution < -0.4 is 0 Å². The van der Waals surface area contributed by atoms with Crippen LogP contribution in [0.1, 0.15) is 44.0 Å². The van der Waals surface area contributed by atoms with E-state index in [1.165, 1.54) is 0 Å². The Bertz CT molecular complexity index is 459. The molecular formula is C15H21BrN2O. The van der Waals surface area contributed by atoms with Crippen LogP contribution in [0.15, 0.2) is 22.9 Å². The van der Waals surface area contributed by atoms with Crippen molar-refractivity contribution in [1.29, 1.82) is 0 Å². The highest BCUT2D eigenvalue weighted by atomic mass is 79.9. The van der Waals surface area contributed by atoms with Crippen molar-refractivity contribution >= 4 is 21.8 Å². The molecule has 0 unspecified atom stereocenters. The van der Waals surface area contributed by atoms with Gasteiger partial charge < -0.3 is 4.90 Å². The molecule has 0 radical (unpaired) electrons. The van der Waals surface area contributed by atoms with Crippen LogP contribution in [0.3, 0.4) is 0 Å². The standard InChI is InChI=1S/C15H21BrN2O/c1-15(2,3)12-4-6-18(7-5-12)14(19)11-8-13(16)10-17-9-11/h8-10,12H,4-7H2,1-3H3. The second-order valence-electron chi connectivity index (χ2n) is 6.32. The summed E-state index contributed by atoms with van der Waals surface area (Å²) in [4.78, 5) is 18.4. The lowest BCUT2D eigenvalue weighted by molar-refractivity contribution is 0.0608. The second kappa shape index (κ2) is 5.61. The summed E-state index contributed by atoms with van der Waals surface area (Å²) in [6.07, 6.45) is 5.53. The summed E-state index contributed by atoms with van der Waals surface area (Å²) in [5, 5.41) is 0. The first-order valence-electron chi connectivity index (χ1n) is 6.78. The van der Waals surface area contributed by atoms with E-state index in [0.717, 1.165) is 30.4 Å². The molecule has 4 heteroatoms. The molecule has 0 spiro atoms. The van der Waals surface area contributed by atoms with E-state index >= 15 is 0 Å². The third kappa shape index (κ3) is 3.56. The number of hydrogen-bond acceptors (Lipinski definition) is 2. The summed E-state index contributed by atoms with van der Waals surface area (Å²) < 4.78 is 0.850. The SMILES string of the molecule is CC(C)(C)C1CCN(C(=O)c2cncc(Br)c2)CC1. The van der Waals surface area contributed by atoms with Crippen LogP contribution >= 0.6 is 15.9 Å². The second-order valence-corrected chi connectivity index (χ2v) is 7.24. The largest absolute Gasteiger partial charge is 0.339 e. The fourth-order valence-electron chi connectivity index (χ4n) is 2.66. The molecule has 0 saturated carbocycles. The van der Waals surface area contributed by atoms with Gasteiger partial charge in [-0.2, -0.15) is 0 Å². The van der Waals surface area contributed by atoms with Crippen molar-refractivity contribution < 1.29 is 4.79 Å². The summed E-state index contributed by atoms with van der Waals surface area (Å²) in [6.45, 7) is 8.56. The van der Waals surface area contributed by atoms with Crippen LogP contribution in [0.2, 0.25) is 0 Å². The lowest BCUT2D eigenvalue weighted by Gasteiger charge is -2.38. The molecule has 0 aliphatic carbocycles. The molecule has 0 bridgehead atoms. The third-order valence-corrected chi connectivity index (χ3v) is 4.39. The van der Waals surface area contributed by atoms with Crippen LogP contribution in [-0.2, 0) is 0 Å². The molecule has 1 aliphatic rings. The summed E-state index contributed by atoms with van der Waals surface area (Å²) in [5.74, 6) is 0.804. The van der Waals surface area contributed by atoms with Gasteiger partial charge in [-0.1, -0.05) is 20.8 Å². The van der Waals surface area contributed by atoms with E-state index in [0.29, 0.717) is 16.9 Å². The average Bonchev–Trinajstić information content (AvgIpc) is 2.37. The first-order chi connectivity index (χ1) is 8.88. The molecule has 1 saturated heterocycles. The number of carbonyl (C=O) groups is 1. The van der Waals surface area contributed by atoms with Crippen LogP contribution in [0.25, 0.3) is 0 Å². The van der Waals surface area contributed by atoms with Gasteiger partial charge >= 0.3 is 0 Å². The predicted octanol–water partition coefficient (Wildman–Crippen LogP) is 3.74. The average molecular weight is 325 g/mol. The quantitative estimate of drug-likeness (QED) is 0.788. The number of likely N-dealkylation sites (tertiary alicyclic amines) is 1. The molecule has 0 atom stereocenters. The van der Waals surface area contributed by atoms with Crippen LogP contribution in [0.5, 0.6) is 0 Å². The van der Waals surface area contributed by atoms with E-state index in [1.54, 1.807) is 12.4 Å². The fourth-order valence-corrected chi connectivity index (χ4v) is 3.02. The smallest absolute Gasteiger partial charge is 0.255 e. The third-order valence-electron chi connectivity index (χ3n) is 3.96. The minimum atomic E-state index is 0.0983. The minimum Gasteiger partial charge on any atom is -0.339 e. The zero-order valence-electron chi connectivity index (χ0n) is 11.8. The van der Waals surface area contributed by atoms with Crippen molar-refractivity contribution in [2.45, 2.75) is 33.6 Å². The Morgan fingerprint density at radius 3 is 2.47 bits per heavy atom. The Labute approximate surface area is 123 Å². The lowest BCUT2D eigenvalue weighted by atomic mass is 9.75. The fraction of sp³-hybridized carbons (Fsp3) is 0.600.